The minimum absolute atomic E-state index is 0.0292. The van der Waals surface area contributed by atoms with Crippen LogP contribution in [0.3, 0.4) is 0 Å². The van der Waals surface area contributed by atoms with Crippen LogP contribution in [0.5, 0.6) is 0 Å². The van der Waals surface area contributed by atoms with Crippen LogP contribution >= 0.6 is 15.9 Å². The van der Waals surface area contributed by atoms with Gasteiger partial charge in [0.2, 0.25) is 5.95 Å². The Kier molecular flexibility index (Phi) is 5.18. The van der Waals surface area contributed by atoms with Crippen molar-refractivity contribution in [2.75, 3.05) is 17.2 Å². The van der Waals surface area contributed by atoms with Gasteiger partial charge in [-0.15, -0.1) is 0 Å². The van der Waals surface area contributed by atoms with Crippen molar-refractivity contribution in [1.82, 2.24) is 9.97 Å². The SMILES string of the molecule is CCNc1ncc(Br)c(NC(C)(C)CC(C)(C)C)n1. The average Bonchev–Trinajstić information content (AvgIpc) is 2.19. The molecule has 0 bridgehead atoms. The molecule has 108 valence electrons. The largest absolute Gasteiger partial charge is 0.364 e. The molecule has 0 aliphatic carbocycles. The molecule has 19 heavy (non-hydrogen) atoms. The van der Waals surface area contributed by atoms with E-state index in [0.717, 1.165) is 23.3 Å². The molecule has 0 amide bonds. The number of halogens is 1. The van der Waals surface area contributed by atoms with Crippen LogP contribution in [0.2, 0.25) is 0 Å². The van der Waals surface area contributed by atoms with E-state index in [-0.39, 0.29) is 11.0 Å². The van der Waals surface area contributed by atoms with E-state index in [4.69, 9.17) is 0 Å². The molecule has 0 atom stereocenters. The zero-order valence-electron chi connectivity index (χ0n) is 12.8. The monoisotopic (exact) mass is 328 g/mol. The van der Waals surface area contributed by atoms with Crippen LogP contribution in [0.15, 0.2) is 10.7 Å². The van der Waals surface area contributed by atoms with Gasteiger partial charge in [0.05, 0.1) is 4.47 Å². The Labute approximate surface area is 124 Å². The van der Waals surface area contributed by atoms with Gasteiger partial charge in [0, 0.05) is 18.3 Å². The molecule has 0 unspecified atom stereocenters. The van der Waals surface area contributed by atoms with E-state index in [2.05, 4.69) is 71.2 Å². The van der Waals surface area contributed by atoms with E-state index in [1.807, 2.05) is 6.92 Å². The van der Waals surface area contributed by atoms with Crippen molar-refractivity contribution >= 4 is 27.7 Å². The summed E-state index contributed by atoms with van der Waals surface area (Å²) in [7, 11) is 0. The Bertz CT molecular complexity index is 424. The summed E-state index contributed by atoms with van der Waals surface area (Å²) in [6.45, 7) is 14.0. The lowest BCUT2D eigenvalue weighted by Crippen LogP contribution is -2.36. The summed E-state index contributed by atoms with van der Waals surface area (Å²) in [5.74, 6) is 1.49. The third-order valence-electron chi connectivity index (χ3n) is 2.51. The van der Waals surface area contributed by atoms with E-state index >= 15 is 0 Å². The van der Waals surface area contributed by atoms with Gasteiger partial charge >= 0.3 is 0 Å². The first-order valence-corrected chi connectivity index (χ1v) is 7.47. The maximum absolute atomic E-state index is 4.50. The molecular formula is C14H25BrN4. The van der Waals surface area contributed by atoms with Gasteiger partial charge in [-0.2, -0.15) is 4.98 Å². The van der Waals surface area contributed by atoms with E-state index in [0.29, 0.717) is 5.95 Å². The fourth-order valence-electron chi connectivity index (χ4n) is 2.39. The van der Waals surface area contributed by atoms with Crippen LogP contribution in [0.25, 0.3) is 0 Å². The van der Waals surface area contributed by atoms with Crippen LogP contribution in [-0.2, 0) is 0 Å². The van der Waals surface area contributed by atoms with Gasteiger partial charge in [0.1, 0.15) is 5.82 Å². The highest BCUT2D eigenvalue weighted by Crippen LogP contribution is 2.31. The molecule has 1 rings (SSSR count). The lowest BCUT2D eigenvalue weighted by Gasteiger charge is -2.34. The van der Waals surface area contributed by atoms with Gasteiger partial charge in [0.15, 0.2) is 0 Å². The van der Waals surface area contributed by atoms with Crippen LogP contribution < -0.4 is 10.6 Å². The van der Waals surface area contributed by atoms with Gasteiger partial charge in [-0.1, -0.05) is 20.8 Å². The van der Waals surface area contributed by atoms with E-state index in [9.17, 15) is 0 Å². The molecule has 0 spiro atoms. The number of anilines is 2. The molecule has 1 heterocycles. The molecule has 1 aromatic heterocycles. The second kappa shape index (κ2) is 6.07. The third kappa shape index (κ3) is 5.76. The molecule has 0 saturated heterocycles. The Morgan fingerprint density at radius 3 is 2.37 bits per heavy atom. The second-order valence-corrected chi connectivity index (χ2v) is 7.52. The van der Waals surface area contributed by atoms with Gasteiger partial charge < -0.3 is 10.6 Å². The minimum Gasteiger partial charge on any atom is -0.364 e. The van der Waals surface area contributed by atoms with E-state index < -0.39 is 0 Å². The number of hydrogen-bond donors (Lipinski definition) is 2. The fourth-order valence-corrected chi connectivity index (χ4v) is 2.68. The molecule has 4 nitrogen and oxygen atoms in total. The van der Waals surface area contributed by atoms with Crippen molar-refractivity contribution in [2.24, 2.45) is 5.41 Å². The van der Waals surface area contributed by atoms with Crippen LogP contribution in [0, 0.1) is 5.41 Å². The average molecular weight is 329 g/mol. The quantitative estimate of drug-likeness (QED) is 0.846. The predicted molar refractivity (Wildman–Crippen MR) is 85.7 cm³/mol. The number of nitrogens with zero attached hydrogens (tertiary/aromatic N) is 2. The predicted octanol–water partition coefficient (Wildman–Crippen LogP) is 4.30. The molecule has 0 fully saturated rings. The number of hydrogen-bond acceptors (Lipinski definition) is 4. The number of nitrogens with one attached hydrogen (secondary N) is 2. The maximum atomic E-state index is 4.50. The summed E-state index contributed by atoms with van der Waals surface area (Å²) in [5, 5.41) is 6.63. The summed E-state index contributed by atoms with van der Waals surface area (Å²) in [4.78, 5) is 8.72. The van der Waals surface area contributed by atoms with Crippen molar-refractivity contribution in [2.45, 2.75) is 53.5 Å². The van der Waals surface area contributed by atoms with Crippen molar-refractivity contribution < 1.29 is 0 Å². The summed E-state index contributed by atoms with van der Waals surface area (Å²) >= 11 is 3.50. The second-order valence-electron chi connectivity index (χ2n) is 6.67. The Morgan fingerprint density at radius 2 is 1.84 bits per heavy atom. The summed E-state index contributed by atoms with van der Waals surface area (Å²) < 4.78 is 0.885. The van der Waals surface area contributed by atoms with Gasteiger partial charge in [-0.25, -0.2) is 4.98 Å². The van der Waals surface area contributed by atoms with E-state index in [1.54, 1.807) is 6.20 Å². The zero-order valence-corrected chi connectivity index (χ0v) is 14.3. The Hall–Kier alpha value is -0.840. The number of rotatable bonds is 5. The summed E-state index contributed by atoms with van der Waals surface area (Å²) in [6, 6.07) is 0. The van der Waals surface area contributed by atoms with Crippen molar-refractivity contribution in [1.29, 1.82) is 0 Å². The molecule has 2 N–H and O–H groups in total. The highest BCUT2D eigenvalue weighted by molar-refractivity contribution is 9.10. The van der Waals surface area contributed by atoms with Gasteiger partial charge in [0.25, 0.3) is 0 Å². The summed E-state index contributed by atoms with van der Waals surface area (Å²) in [6.07, 6.45) is 2.83. The normalized spacial score (nSPS) is 12.4. The van der Waals surface area contributed by atoms with Crippen LogP contribution in [0.4, 0.5) is 11.8 Å². The highest BCUT2D eigenvalue weighted by Gasteiger charge is 2.26. The molecule has 0 aliphatic rings. The fraction of sp³-hybridized carbons (Fsp3) is 0.714. The minimum atomic E-state index is -0.0292. The Balaban J connectivity index is 2.88. The van der Waals surface area contributed by atoms with Crippen molar-refractivity contribution in [3.8, 4) is 0 Å². The molecular weight excluding hydrogens is 304 g/mol. The lowest BCUT2D eigenvalue weighted by molar-refractivity contribution is 0.302. The first kappa shape index (κ1) is 16.2. The molecule has 0 aliphatic heterocycles. The third-order valence-corrected chi connectivity index (χ3v) is 3.09. The Morgan fingerprint density at radius 1 is 1.21 bits per heavy atom. The number of aromatic nitrogens is 2. The van der Waals surface area contributed by atoms with Crippen molar-refractivity contribution in [3.63, 3.8) is 0 Å². The zero-order chi connectivity index (χ0) is 14.7. The summed E-state index contributed by atoms with van der Waals surface area (Å²) in [5.41, 5.74) is 0.235. The van der Waals surface area contributed by atoms with Crippen LogP contribution in [-0.4, -0.2) is 22.1 Å². The first-order chi connectivity index (χ1) is 8.63. The molecule has 5 heteroatoms. The maximum Gasteiger partial charge on any atom is 0.224 e. The van der Waals surface area contributed by atoms with Gasteiger partial charge in [-0.05, 0) is 48.5 Å². The van der Waals surface area contributed by atoms with Crippen molar-refractivity contribution in [3.05, 3.63) is 10.7 Å². The highest BCUT2D eigenvalue weighted by atomic mass is 79.9. The lowest BCUT2D eigenvalue weighted by atomic mass is 9.82. The smallest absolute Gasteiger partial charge is 0.224 e. The van der Waals surface area contributed by atoms with E-state index in [1.165, 1.54) is 0 Å². The molecule has 0 aromatic carbocycles. The molecule has 0 radical (unpaired) electrons. The first-order valence-electron chi connectivity index (χ1n) is 6.67. The topological polar surface area (TPSA) is 49.8 Å². The standard InChI is InChI=1S/C14H25BrN4/c1-7-16-12-17-8-10(15)11(18-12)19-14(5,6)9-13(2,3)4/h8H,7,9H2,1-6H3,(H2,16,17,18,19). The molecule has 1 aromatic rings. The van der Waals surface area contributed by atoms with Gasteiger partial charge in [-0.3, -0.25) is 0 Å². The van der Waals surface area contributed by atoms with Crippen LogP contribution in [0.1, 0.15) is 48.0 Å². The molecule has 0 saturated carbocycles.